The van der Waals surface area contributed by atoms with Gasteiger partial charge in [-0.2, -0.15) is 5.10 Å². The summed E-state index contributed by atoms with van der Waals surface area (Å²) < 4.78 is 26.8. The first kappa shape index (κ1) is 11.3. The van der Waals surface area contributed by atoms with E-state index in [9.17, 15) is 8.78 Å². The van der Waals surface area contributed by atoms with Crippen LogP contribution in [-0.4, -0.2) is 14.8 Å². The smallest absolute Gasteiger partial charge is 0.245 e. The van der Waals surface area contributed by atoms with Crippen molar-refractivity contribution >= 4 is 22.6 Å². The fourth-order valence-corrected chi connectivity index (χ4v) is 1.72. The highest BCUT2D eigenvalue weighted by atomic mass is 35.5. The maximum atomic E-state index is 12.6. The molecule has 3 nitrogen and oxygen atoms in total. The van der Waals surface area contributed by atoms with E-state index in [0.717, 1.165) is 0 Å². The van der Waals surface area contributed by atoms with Crippen molar-refractivity contribution in [3.63, 3.8) is 0 Å². The lowest BCUT2D eigenvalue weighted by Gasteiger charge is -2.07. The minimum atomic E-state index is -2.62. The Balaban J connectivity index is 2.66. The van der Waals surface area contributed by atoms with Gasteiger partial charge < -0.3 is 0 Å². The standard InChI is InChI=1S/C10H10ClF2N3/c1-5(2)16-10-6(4-14-16)3-7(9(12)13)8(11)15-10/h3-5,9H,1-2H3. The van der Waals surface area contributed by atoms with E-state index in [1.165, 1.54) is 12.3 Å². The third-order valence-corrected chi connectivity index (χ3v) is 2.58. The van der Waals surface area contributed by atoms with E-state index in [2.05, 4.69) is 10.1 Å². The Morgan fingerprint density at radius 2 is 2.06 bits per heavy atom. The Kier molecular flexibility index (Phi) is 2.80. The van der Waals surface area contributed by atoms with Crippen molar-refractivity contribution in [3.8, 4) is 0 Å². The van der Waals surface area contributed by atoms with Gasteiger partial charge in [0.15, 0.2) is 5.65 Å². The van der Waals surface area contributed by atoms with E-state index in [1.54, 1.807) is 4.68 Å². The van der Waals surface area contributed by atoms with E-state index in [1.807, 2.05) is 13.8 Å². The predicted octanol–water partition coefficient (Wildman–Crippen LogP) is 3.60. The molecule has 0 aliphatic rings. The van der Waals surface area contributed by atoms with Crippen molar-refractivity contribution in [2.75, 3.05) is 0 Å². The predicted molar refractivity (Wildman–Crippen MR) is 57.9 cm³/mol. The van der Waals surface area contributed by atoms with Gasteiger partial charge in [-0.05, 0) is 19.9 Å². The summed E-state index contributed by atoms with van der Waals surface area (Å²) in [5.74, 6) is 0. The van der Waals surface area contributed by atoms with Crippen molar-refractivity contribution in [2.24, 2.45) is 0 Å². The number of nitrogens with zero attached hydrogens (tertiary/aromatic N) is 3. The normalized spacial score (nSPS) is 11.9. The fraction of sp³-hybridized carbons (Fsp3) is 0.400. The lowest BCUT2D eigenvalue weighted by atomic mass is 10.2. The molecule has 0 radical (unpaired) electrons. The summed E-state index contributed by atoms with van der Waals surface area (Å²) in [6.07, 6.45) is -1.10. The van der Waals surface area contributed by atoms with Gasteiger partial charge in [-0.1, -0.05) is 11.6 Å². The number of hydrogen-bond acceptors (Lipinski definition) is 2. The van der Waals surface area contributed by atoms with Gasteiger partial charge in [-0.3, -0.25) is 0 Å². The molecule has 0 saturated heterocycles. The van der Waals surface area contributed by atoms with Crippen LogP contribution < -0.4 is 0 Å². The Hall–Kier alpha value is -1.23. The highest BCUT2D eigenvalue weighted by Gasteiger charge is 2.17. The maximum Gasteiger partial charge on any atom is 0.266 e. The Morgan fingerprint density at radius 1 is 1.38 bits per heavy atom. The van der Waals surface area contributed by atoms with Gasteiger partial charge in [-0.25, -0.2) is 18.4 Å². The average molecular weight is 246 g/mol. The Morgan fingerprint density at radius 3 is 2.62 bits per heavy atom. The third kappa shape index (κ3) is 1.75. The molecule has 0 saturated carbocycles. The van der Waals surface area contributed by atoms with Crippen LogP contribution in [0.15, 0.2) is 12.3 Å². The SMILES string of the molecule is CC(C)n1ncc2cc(C(F)F)c(Cl)nc21. The van der Waals surface area contributed by atoms with Crippen molar-refractivity contribution in [3.05, 3.63) is 23.0 Å². The van der Waals surface area contributed by atoms with Crippen molar-refractivity contribution < 1.29 is 8.78 Å². The van der Waals surface area contributed by atoms with Gasteiger partial charge in [0.25, 0.3) is 6.43 Å². The molecule has 0 N–H and O–H groups in total. The maximum absolute atomic E-state index is 12.6. The summed E-state index contributed by atoms with van der Waals surface area (Å²) in [5.41, 5.74) is 0.280. The summed E-state index contributed by atoms with van der Waals surface area (Å²) in [4.78, 5) is 3.96. The molecule has 0 bridgehead atoms. The molecule has 0 spiro atoms. The van der Waals surface area contributed by atoms with Crippen LogP contribution in [0.2, 0.25) is 5.15 Å². The lowest BCUT2D eigenvalue weighted by molar-refractivity contribution is 0.151. The number of hydrogen-bond donors (Lipinski definition) is 0. The van der Waals surface area contributed by atoms with Crippen molar-refractivity contribution in [2.45, 2.75) is 26.3 Å². The molecule has 0 aliphatic carbocycles. The first-order chi connectivity index (χ1) is 7.50. The first-order valence-electron chi connectivity index (χ1n) is 4.82. The van der Waals surface area contributed by atoms with Crippen LogP contribution in [0.1, 0.15) is 31.9 Å². The zero-order valence-corrected chi connectivity index (χ0v) is 9.54. The highest BCUT2D eigenvalue weighted by Crippen LogP contribution is 2.29. The number of alkyl halides is 2. The van der Waals surface area contributed by atoms with Gasteiger partial charge in [0.05, 0.1) is 11.8 Å². The van der Waals surface area contributed by atoms with Gasteiger partial charge in [0, 0.05) is 11.4 Å². The molecular weight excluding hydrogens is 236 g/mol. The largest absolute Gasteiger partial charge is 0.266 e. The van der Waals surface area contributed by atoms with Gasteiger partial charge in [-0.15, -0.1) is 0 Å². The number of rotatable bonds is 2. The van der Waals surface area contributed by atoms with Crippen LogP contribution in [0.25, 0.3) is 11.0 Å². The molecule has 2 aromatic rings. The molecule has 0 amide bonds. The zero-order valence-electron chi connectivity index (χ0n) is 8.78. The fourth-order valence-electron chi connectivity index (χ4n) is 1.50. The summed E-state index contributed by atoms with van der Waals surface area (Å²) in [6.45, 7) is 3.87. The second-order valence-corrected chi connectivity index (χ2v) is 4.12. The molecule has 0 aliphatic heterocycles. The highest BCUT2D eigenvalue weighted by molar-refractivity contribution is 6.30. The van der Waals surface area contributed by atoms with Crippen LogP contribution in [-0.2, 0) is 0 Å². The molecule has 86 valence electrons. The minimum absolute atomic E-state index is 0.110. The molecule has 0 fully saturated rings. The van der Waals surface area contributed by atoms with Gasteiger partial charge in [0.1, 0.15) is 5.15 Å². The van der Waals surface area contributed by atoms with Crippen LogP contribution in [0.4, 0.5) is 8.78 Å². The molecule has 6 heteroatoms. The van der Waals surface area contributed by atoms with Crippen molar-refractivity contribution in [1.29, 1.82) is 0 Å². The van der Waals surface area contributed by atoms with Crippen molar-refractivity contribution in [1.82, 2.24) is 14.8 Å². The molecule has 0 atom stereocenters. The number of fused-ring (bicyclic) bond motifs is 1. The van der Waals surface area contributed by atoms with Crippen LogP contribution in [0.5, 0.6) is 0 Å². The van der Waals surface area contributed by atoms with Crippen LogP contribution in [0, 0.1) is 0 Å². The van der Waals surface area contributed by atoms with Gasteiger partial charge >= 0.3 is 0 Å². The van der Waals surface area contributed by atoms with Gasteiger partial charge in [0.2, 0.25) is 0 Å². The lowest BCUT2D eigenvalue weighted by Crippen LogP contribution is -2.03. The topological polar surface area (TPSA) is 30.7 Å². The molecule has 0 aromatic carbocycles. The second-order valence-electron chi connectivity index (χ2n) is 3.76. The second kappa shape index (κ2) is 3.97. The molecular formula is C10H10ClF2N3. The molecule has 2 rings (SSSR count). The zero-order chi connectivity index (χ0) is 11.9. The summed E-state index contributed by atoms with van der Waals surface area (Å²) in [7, 11) is 0. The quantitative estimate of drug-likeness (QED) is 0.757. The number of halogens is 3. The Labute approximate surface area is 96.0 Å². The summed E-state index contributed by atoms with van der Waals surface area (Å²) >= 11 is 5.70. The number of pyridine rings is 1. The monoisotopic (exact) mass is 245 g/mol. The summed E-state index contributed by atoms with van der Waals surface area (Å²) in [5, 5.41) is 4.50. The molecule has 2 aromatic heterocycles. The van der Waals surface area contributed by atoms with E-state index in [4.69, 9.17) is 11.6 Å². The van der Waals surface area contributed by atoms with E-state index >= 15 is 0 Å². The average Bonchev–Trinajstić information content (AvgIpc) is 2.58. The van der Waals surface area contributed by atoms with E-state index in [-0.39, 0.29) is 16.8 Å². The molecule has 2 heterocycles. The third-order valence-electron chi connectivity index (χ3n) is 2.27. The first-order valence-corrected chi connectivity index (χ1v) is 5.20. The molecule has 0 unspecified atom stereocenters. The molecule has 16 heavy (non-hydrogen) atoms. The van der Waals surface area contributed by atoms with E-state index in [0.29, 0.717) is 11.0 Å². The van der Waals surface area contributed by atoms with Crippen LogP contribution in [0.3, 0.4) is 0 Å². The van der Waals surface area contributed by atoms with Crippen LogP contribution >= 0.6 is 11.6 Å². The number of aromatic nitrogens is 3. The minimum Gasteiger partial charge on any atom is -0.245 e. The van der Waals surface area contributed by atoms with E-state index < -0.39 is 6.43 Å². The Bertz CT molecular complexity index is 522. The summed E-state index contributed by atoms with van der Waals surface area (Å²) in [6, 6.07) is 1.44.